The molecular weight excluding hydrogens is 246 g/mol. The summed E-state index contributed by atoms with van der Waals surface area (Å²) in [5, 5.41) is 0. The highest BCUT2D eigenvalue weighted by atomic mass is 16.2. The van der Waals surface area contributed by atoms with Crippen molar-refractivity contribution in [2.75, 3.05) is 6.54 Å². The average Bonchev–Trinajstić information content (AvgIpc) is 2.41. The van der Waals surface area contributed by atoms with Crippen LogP contribution in [0.1, 0.15) is 35.3 Å². The van der Waals surface area contributed by atoms with E-state index in [1.54, 1.807) is 4.90 Å². The maximum absolute atomic E-state index is 12.4. The van der Waals surface area contributed by atoms with Gasteiger partial charge in [-0.2, -0.15) is 0 Å². The maximum atomic E-state index is 12.4. The van der Waals surface area contributed by atoms with Crippen LogP contribution >= 0.6 is 0 Å². The highest BCUT2D eigenvalue weighted by Crippen LogP contribution is 2.23. The van der Waals surface area contributed by atoms with Gasteiger partial charge in [0.1, 0.15) is 12.1 Å². The van der Waals surface area contributed by atoms with Crippen molar-refractivity contribution in [1.82, 2.24) is 14.9 Å². The maximum Gasteiger partial charge on any atom is 0.257 e. The lowest BCUT2D eigenvalue weighted by atomic mass is 9.90. The minimum atomic E-state index is -0.460. The van der Waals surface area contributed by atoms with Crippen molar-refractivity contribution in [3.63, 3.8) is 0 Å². The zero-order valence-electron chi connectivity index (χ0n) is 10.3. The summed E-state index contributed by atoms with van der Waals surface area (Å²) in [5.41, 5.74) is 1.20. The number of aromatic nitrogens is 2. The summed E-state index contributed by atoms with van der Waals surface area (Å²) in [6.07, 6.45) is 4.31. The van der Waals surface area contributed by atoms with E-state index in [0.29, 0.717) is 31.4 Å². The second-order valence-corrected chi connectivity index (χ2v) is 4.87. The largest absolute Gasteiger partial charge is 0.328 e. The average molecular weight is 259 g/mol. The molecule has 1 unspecified atom stereocenters. The van der Waals surface area contributed by atoms with Crippen LogP contribution in [-0.4, -0.2) is 44.9 Å². The van der Waals surface area contributed by atoms with Gasteiger partial charge in [-0.25, -0.2) is 9.97 Å². The van der Waals surface area contributed by atoms with Crippen molar-refractivity contribution in [2.24, 2.45) is 0 Å². The fraction of sp³-hybridized carbons (Fsp3) is 0.462. The Morgan fingerprint density at radius 3 is 2.84 bits per heavy atom. The first-order valence-electron chi connectivity index (χ1n) is 6.31. The Hall–Kier alpha value is -2.11. The number of hydrogen-bond acceptors (Lipinski definition) is 5. The summed E-state index contributed by atoms with van der Waals surface area (Å²) in [7, 11) is 0. The Kier molecular flexibility index (Phi) is 2.85. The van der Waals surface area contributed by atoms with Gasteiger partial charge in [-0.3, -0.25) is 14.4 Å². The van der Waals surface area contributed by atoms with Gasteiger partial charge >= 0.3 is 0 Å². The first kappa shape index (κ1) is 12.0. The molecule has 1 aliphatic heterocycles. The van der Waals surface area contributed by atoms with Gasteiger partial charge in [0.15, 0.2) is 5.78 Å². The van der Waals surface area contributed by atoms with Gasteiger partial charge in [0.2, 0.25) is 0 Å². The van der Waals surface area contributed by atoms with Crippen molar-refractivity contribution in [3.05, 3.63) is 23.8 Å². The number of carbonyl (C=O) groups excluding carboxylic acids is 3. The van der Waals surface area contributed by atoms with E-state index >= 15 is 0 Å². The van der Waals surface area contributed by atoms with Crippen LogP contribution in [0.2, 0.25) is 0 Å². The van der Waals surface area contributed by atoms with E-state index < -0.39 is 6.04 Å². The molecule has 0 aromatic carbocycles. The second kappa shape index (κ2) is 4.53. The topological polar surface area (TPSA) is 80.2 Å². The van der Waals surface area contributed by atoms with Crippen LogP contribution in [0.4, 0.5) is 0 Å². The molecule has 2 aliphatic rings. The third-order valence-corrected chi connectivity index (χ3v) is 3.69. The van der Waals surface area contributed by atoms with Crippen LogP contribution in [0.3, 0.4) is 0 Å². The van der Waals surface area contributed by atoms with E-state index in [1.807, 2.05) is 0 Å². The van der Waals surface area contributed by atoms with Crippen molar-refractivity contribution in [3.8, 4) is 0 Å². The van der Waals surface area contributed by atoms with Crippen molar-refractivity contribution in [2.45, 2.75) is 31.7 Å². The molecule has 1 fully saturated rings. The lowest BCUT2D eigenvalue weighted by Crippen LogP contribution is -2.50. The smallest absolute Gasteiger partial charge is 0.257 e. The van der Waals surface area contributed by atoms with Gasteiger partial charge in [-0.1, -0.05) is 0 Å². The number of Topliss-reactive ketones (excluding diaryl/α,β-unsaturated/α-hetero) is 2. The SMILES string of the molecule is O=C1CCC(N2CCc3ncncc3C2=O)C(=O)C1. The Morgan fingerprint density at radius 1 is 1.21 bits per heavy atom. The number of rotatable bonds is 1. The molecule has 1 saturated carbocycles. The third kappa shape index (κ3) is 2.03. The standard InChI is InChI=1S/C13H13N3O3/c17-8-1-2-11(12(18)5-8)16-4-3-10-9(13(16)19)6-14-7-15-10/h6-7,11H,1-5H2. The molecular formula is C13H13N3O3. The van der Waals surface area contributed by atoms with Gasteiger partial charge in [0.25, 0.3) is 5.91 Å². The number of fused-ring (bicyclic) bond motifs is 1. The zero-order chi connectivity index (χ0) is 13.4. The predicted octanol–water partition coefficient (Wildman–Crippen LogP) is 0.166. The van der Waals surface area contributed by atoms with Crippen molar-refractivity contribution in [1.29, 1.82) is 0 Å². The van der Waals surface area contributed by atoms with E-state index in [4.69, 9.17) is 0 Å². The van der Waals surface area contributed by atoms with Crippen LogP contribution in [0.25, 0.3) is 0 Å². The van der Waals surface area contributed by atoms with Crippen LogP contribution in [0.5, 0.6) is 0 Å². The molecule has 6 nitrogen and oxygen atoms in total. The number of nitrogens with zero attached hydrogens (tertiary/aromatic N) is 3. The highest BCUT2D eigenvalue weighted by molar-refractivity contribution is 6.06. The second-order valence-electron chi connectivity index (χ2n) is 4.87. The van der Waals surface area contributed by atoms with Gasteiger partial charge in [-0.05, 0) is 6.42 Å². The Bertz CT molecular complexity index is 570. The van der Waals surface area contributed by atoms with Crippen molar-refractivity contribution >= 4 is 17.5 Å². The fourth-order valence-corrected chi connectivity index (χ4v) is 2.70. The minimum absolute atomic E-state index is 0.0329. The number of hydrogen-bond donors (Lipinski definition) is 0. The van der Waals surface area contributed by atoms with Crippen LogP contribution < -0.4 is 0 Å². The molecule has 1 aromatic rings. The first-order chi connectivity index (χ1) is 9.16. The molecule has 1 aliphatic carbocycles. The summed E-state index contributed by atoms with van der Waals surface area (Å²) < 4.78 is 0. The van der Waals surface area contributed by atoms with Gasteiger partial charge in [-0.15, -0.1) is 0 Å². The lowest BCUT2D eigenvalue weighted by molar-refractivity contribution is -0.133. The summed E-state index contributed by atoms with van der Waals surface area (Å²) >= 11 is 0. The molecule has 0 N–H and O–H groups in total. The van der Waals surface area contributed by atoms with E-state index in [2.05, 4.69) is 9.97 Å². The summed E-state index contributed by atoms with van der Waals surface area (Å²) in [6, 6.07) is -0.460. The van der Waals surface area contributed by atoms with Gasteiger partial charge in [0.05, 0.1) is 23.7 Å². The van der Waals surface area contributed by atoms with Crippen molar-refractivity contribution < 1.29 is 14.4 Å². The predicted molar refractivity (Wildman–Crippen MR) is 64.4 cm³/mol. The summed E-state index contributed by atoms with van der Waals surface area (Å²) in [5.74, 6) is -0.381. The van der Waals surface area contributed by atoms with E-state index in [9.17, 15) is 14.4 Å². The Morgan fingerprint density at radius 2 is 2.05 bits per heavy atom. The number of ketones is 2. The molecule has 1 amide bonds. The monoisotopic (exact) mass is 259 g/mol. The number of carbonyl (C=O) groups is 3. The highest BCUT2D eigenvalue weighted by Gasteiger charge is 2.37. The number of amides is 1. The molecule has 0 spiro atoms. The summed E-state index contributed by atoms with van der Waals surface area (Å²) in [4.78, 5) is 45.0. The lowest BCUT2D eigenvalue weighted by Gasteiger charge is -2.35. The molecule has 0 radical (unpaired) electrons. The van der Waals surface area contributed by atoms with Crippen LogP contribution in [-0.2, 0) is 16.0 Å². The summed E-state index contributed by atoms with van der Waals surface area (Å²) in [6.45, 7) is 0.480. The zero-order valence-corrected chi connectivity index (χ0v) is 10.3. The molecule has 1 atom stereocenters. The molecule has 2 heterocycles. The molecule has 1 aromatic heterocycles. The van der Waals surface area contributed by atoms with E-state index in [0.717, 1.165) is 5.69 Å². The molecule has 0 bridgehead atoms. The van der Waals surface area contributed by atoms with E-state index in [-0.39, 0.29) is 23.9 Å². The first-order valence-corrected chi connectivity index (χ1v) is 6.31. The quantitative estimate of drug-likeness (QED) is 0.671. The Labute approximate surface area is 109 Å². The van der Waals surface area contributed by atoms with Crippen LogP contribution in [0.15, 0.2) is 12.5 Å². The van der Waals surface area contributed by atoms with E-state index in [1.165, 1.54) is 12.5 Å². The molecule has 3 rings (SSSR count). The minimum Gasteiger partial charge on any atom is -0.328 e. The van der Waals surface area contributed by atoms with Crippen LogP contribution in [0, 0.1) is 0 Å². The van der Waals surface area contributed by atoms with Gasteiger partial charge in [0, 0.05) is 25.6 Å². The van der Waals surface area contributed by atoms with Gasteiger partial charge < -0.3 is 4.90 Å². The molecule has 0 saturated heterocycles. The molecule has 19 heavy (non-hydrogen) atoms. The third-order valence-electron chi connectivity index (χ3n) is 3.69. The molecule has 98 valence electrons. The molecule has 6 heteroatoms. The fourth-order valence-electron chi connectivity index (χ4n) is 2.70. The Balaban J connectivity index is 1.86. The normalized spacial score (nSPS) is 23.5.